The van der Waals surface area contributed by atoms with E-state index in [1.165, 1.54) is 67.0 Å². The predicted molar refractivity (Wildman–Crippen MR) is 164 cm³/mol. The second-order valence-electron chi connectivity index (χ2n) is 7.98. The van der Waals surface area contributed by atoms with Gasteiger partial charge in [-0.15, -0.1) is 11.3 Å². The zero-order valence-corrected chi connectivity index (χ0v) is 26.1. The van der Waals surface area contributed by atoms with Gasteiger partial charge in [-0.1, -0.05) is 84.5 Å². The summed E-state index contributed by atoms with van der Waals surface area (Å²) in [5, 5.41) is 0.600. The number of nitrogens with zero attached hydrogens (tertiary/aromatic N) is 1. The molecule has 4 aromatic rings. The van der Waals surface area contributed by atoms with Crippen LogP contribution in [0.5, 0.6) is 0 Å². The molecule has 3 nitrogen and oxygen atoms in total. The minimum absolute atomic E-state index is 0.00918. The molecule has 0 aliphatic heterocycles. The van der Waals surface area contributed by atoms with Gasteiger partial charge in [-0.05, 0) is 60.2 Å². The van der Waals surface area contributed by atoms with Crippen molar-refractivity contribution in [2.75, 3.05) is 6.26 Å². The summed E-state index contributed by atoms with van der Waals surface area (Å²) in [7, 11) is -3.32. The third-order valence-corrected chi connectivity index (χ3v) is 7.73. The van der Waals surface area contributed by atoms with Crippen LogP contribution in [0.25, 0.3) is 32.3 Å². The van der Waals surface area contributed by atoms with Gasteiger partial charge in [0.2, 0.25) is 0 Å². The van der Waals surface area contributed by atoms with Gasteiger partial charge in [0, 0.05) is 17.4 Å². The molecule has 0 N–H and O–H groups in total. The van der Waals surface area contributed by atoms with E-state index in [0.717, 1.165) is 16.7 Å². The molecule has 0 saturated carbocycles. The van der Waals surface area contributed by atoms with Crippen LogP contribution in [0.1, 0.15) is 60.8 Å². The highest BCUT2D eigenvalue weighted by Gasteiger charge is 2.18. The number of thiazole rings is 1. The van der Waals surface area contributed by atoms with Crippen molar-refractivity contribution < 1.29 is 17.2 Å². The molecule has 0 bridgehead atoms. The summed E-state index contributed by atoms with van der Waals surface area (Å²) in [6, 6.07) is 16.8. The third kappa shape index (κ3) is 10.1. The Morgan fingerprint density at radius 2 is 1.31 bits per heavy atom. The highest BCUT2D eigenvalue weighted by molar-refractivity contribution is 7.90. The van der Waals surface area contributed by atoms with Gasteiger partial charge in [0.15, 0.2) is 9.84 Å². The van der Waals surface area contributed by atoms with Crippen LogP contribution in [0.3, 0.4) is 0 Å². The van der Waals surface area contributed by atoms with E-state index in [1.807, 2.05) is 27.7 Å². The Kier molecular flexibility index (Phi) is 15.1. The normalized spacial score (nSPS) is 10.3. The van der Waals surface area contributed by atoms with Gasteiger partial charge in [-0.25, -0.2) is 22.2 Å². The number of halogens is 3. The average Bonchev–Trinajstić information content (AvgIpc) is 3.39. The minimum Gasteiger partial charge on any atom is -0.235 e. The van der Waals surface area contributed by atoms with Gasteiger partial charge in [0.25, 0.3) is 0 Å². The first kappa shape index (κ1) is 34.4. The summed E-state index contributed by atoms with van der Waals surface area (Å²) in [5.41, 5.74) is 2.73. The Hall–Kier alpha value is -2.61. The number of aromatic nitrogens is 1. The van der Waals surface area contributed by atoms with Crippen LogP contribution in [0.4, 0.5) is 8.78 Å². The molecule has 0 saturated heterocycles. The summed E-state index contributed by atoms with van der Waals surface area (Å²) in [6.45, 7) is 12.4. The Bertz CT molecular complexity index is 1380. The molecule has 1 heterocycles. The fraction of sp³-hybridized carbons (Fsp3) is 0.323. The topological polar surface area (TPSA) is 47.0 Å². The first-order valence-electron chi connectivity index (χ1n) is 13.2. The van der Waals surface area contributed by atoms with Crippen LogP contribution in [0.15, 0.2) is 71.6 Å². The molecule has 0 amide bonds. The Morgan fingerprint density at radius 3 is 1.77 bits per heavy atom. The van der Waals surface area contributed by atoms with Gasteiger partial charge in [0.05, 0.1) is 20.5 Å². The average molecular weight is 594 g/mol. The SMILES string of the molecule is CC.CC.CCCCC.CS(=O)(=O)c1ccc(-c2sc(-c3ccc(F)c(Cl)c3)nc2-c2ccc(F)cc2)cc1. The van der Waals surface area contributed by atoms with Crippen LogP contribution in [-0.4, -0.2) is 19.7 Å². The van der Waals surface area contributed by atoms with Crippen molar-refractivity contribution in [2.24, 2.45) is 0 Å². The van der Waals surface area contributed by atoms with Crippen LogP contribution in [0.2, 0.25) is 5.02 Å². The lowest BCUT2D eigenvalue weighted by Gasteiger charge is -2.04. The van der Waals surface area contributed by atoms with E-state index in [9.17, 15) is 17.2 Å². The van der Waals surface area contributed by atoms with Gasteiger partial charge in [0.1, 0.15) is 16.6 Å². The summed E-state index contributed by atoms with van der Waals surface area (Å²) < 4.78 is 50.5. The van der Waals surface area contributed by atoms with Crippen molar-refractivity contribution in [1.29, 1.82) is 0 Å². The smallest absolute Gasteiger partial charge is 0.175 e. The Labute approximate surface area is 241 Å². The van der Waals surface area contributed by atoms with Crippen LogP contribution < -0.4 is 0 Å². The molecule has 0 unspecified atom stereocenters. The van der Waals surface area contributed by atoms with Crippen molar-refractivity contribution in [3.8, 4) is 32.3 Å². The summed E-state index contributed by atoms with van der Waals surface area (Å²) in [6.07, 6.45) is 5.22. The van der Waals surface area contributed by atoms with Gasteiger partial charge in [-0.3, -0.25) is 0 Å². The van der Waals surface area contributed by atoms with Crippen LogP contribution >= 0.6 is 22.9 Å². The van der Waals surface area contributed by atoms with E-state index >= 15 is 0 Å². The van der Waals surface area contributed by atoms with E-state index in [1.54, 1.807) is 30.3 Å². The molecular formula is C31H38ClF2NO2S2. The standard InChI is InChI=1S/C22H14ClF2NO2S2.C5H12.2C2H6/c1-30(27,28)17-9-4-14(5-10-17)21-20(13-2-7-16(24)8-3-13)26-22(29-21)15-6-11-19(25)18(23)12-15;1-3-5-4-2;2*1-2/h2-12H,1H3;3-5H2,1-2H3;2*1-2H3. The number of unbranched alkanes of at least 4 members (excludes halogenated alkanes) is 2. The van der Waals surface area contributed by atoms with Crippen molar-refractivity contribution >= 4 is 32.8 Å². The molecule has 4 rings (SSSR count). The minimum atomic E-state index is -3.32. The van der Waals surface area contributed by atoms with Gasteiger partial charge in [-0.2, -0.15) is 0 Å². The lowest BCUT2D eigenvalue weighted by atomic mass is 10.1. The molecule has 0 aliphatic carbocycles. The number of hydrogen-bond donors (Lipinski definition) is 0. The number of hydrogen-bond acceptors (Lipinski definition) is 4. The Balaban J connectivity index is 0.000000748. The predicted octanol–water partition coefficient (Wildman–Crippen LogP) is 10.7. The monoisotopic (exact) mass is 593 g/mol. The molecule has 0 radical (unpaired) electrons. The lowest BCUT2D eigenvalue weighted by Crippen LogP contribution is -1.96. The molecule has 1 aromatic heterocycles. The molecule has 0 fully saturated rings. The van der Waals surface area contributed by atoms with Gasteiger partial charge >= 0.3 is 0 Å². The summed E-state index contributed by atoms with van der Waals surface area (Å²) in [4.78, 5) is 5.68. The molecular weight excluding hydrogens is 556 g/mol. The van der Waals surface area contributed by atoms with Crippen molar-refractivity contribution in [1.82, 2.24) is 4.98 Å². The molecule has 0 spiro atoms. The molecule has 3 aromatic carbocycles. The lowest BCUT2D eigenvalue weighted by molar-refractivity contribution is 0.602. The second-order valence-corrected chi connectivity index (χ2v) is 11.4. The maximum atomic E-state index is 13.6. The first-order chi connectivity index (χ1) is 18.6. The van der Waals surface area contributed by atoms with Crippen LogP contribution in [-0.2, 0) is 9.84 Å². The third-order valence-electron chi connectivity index (χ3n) is 5.16. The number of sulfone groups is 1. The zero-order valence-electron chi connectivity index (χ0n) is 23.7. The van der Waals surface area contributed by atoms with E-state index < -0.39 is 15.7 Å². The van der Waals surface area contributed by atoms with E-state index in [4.69, 9.17) is 16.6 Å². The maximum absolute atomic E-state index is 13.6. The fourth-order valence-electron chi connectivity index (χ4n) is 3.28. The zero-order chi connectivity index (χ0) is 29.6. The first-order valence-corrected chi connectivity index (χ1v) is 16.2. The van der Waals surface area contributed by atoms with Gasteiger partial charge < -0.3 is 0 Å². The molecule has 212 valence electrons. The van der Waals surface area contributed by atoms with E-state index in [2.05, 4.69) is 13.8 Å². The molecule has 0 aliphatic rings. The summed E-state index contributed by atoms with van der Waals surface area (Å²) >= 11 is 7.28. The highest BCUT2D eigenvalue weighted by atomic mass is 35.5. The number of rotatable bonds is 6. The van der Waals surface area contributed by atoms with Crippen molar-refractivity contribution in [3.63, 3.8) is 0 Å². The van der Waals surface area contributed by atoms with Crippen molar-refractivity contribution in [2.45, 2.75) is 65.7 Å². The Morgan fingerprint density at radius 1 is 0.795 bits per heavy atom. The van der Waals surface area contributed by atoms with E-state index in [0.29, 0.717) is 21.8 Å². The molecule has 8 heteroatoms. The van der Waals surface area contributed by atoms with Crippen molar-refractivity contribution in [3.05, 3.63) is 83.4 Å². The molecule has 39 heavy (non-hydrogen) atoms. The summed E-state index contributed by atoms with van der Waals surface area (Å²) in [5.74, 6) is -0.883. The highest BCUT2D eigenvalue weighted by Crippen LogP contribution is 2.41. The van der Waals surface area contributed by atoms with E-state index in [-0.39, 0.29) is 15.7 Å². The fourth-order valence-corrected chi connectivity index (χ4v) is 5.18. The second kappa shape index (κ2) is 17.2. The largest absolute Gasteiger partial charge is 0.235 e. The number of benzene rings is 3. The maximum Gasteiger partial charge on any atom is 0.175 e. The quantitative estimate of drug-likeness (QED) is 0.223. The van der Waals surface area contributed by atoms with Crippen LogP contribution in [0, 0.1) is 11.6 Å². The molecule has 0 atom stereocenters.